The zero-order valence-electron chi connectivity index (χ0n) is 10.7. The molecule has 1 unspecified atom stereocenters. The zero-order valence-corrected chi connectivity index (χ0v) is 10.7. The van der Waals surface area contributed by atoms with E-state index >= 15 is 0 Å². The van der Waals surface area contributed by atoms with Crippen molar-refractivity contribution in [2.24, 2.45) is 0 Å². The molecule has 0 saturated carbocycles. The topological polar surface area (TPSA) is 29.5 Å². The van der Waals surface area contributed by atoms with Crippen LogP contribution in [-0.4, -0.2) is 12.2 Å². The van der Waals surface area contributed by atoms with Gasteiger partial charge in [-0.25, -0.2) is 8.78 Å². The van der Waals surface area contributed by atoms with Crippen LogP contribution >= 0.6 is 0 Å². The minimum absolute atomic E-state index is 0.00148. The van der Waals surface area contributed by atoms with Gasteiger partial charge in [-0.2, -0.15) is 0 Å². The summed E-state index contributed by atoms with van der Waals surface area (Å²) >= 11 is 0. The fraction of sp³-hybridized carbons (Fsp3) is 0.200. The molecule has 0 radical (unpaired) electrons. The van der Waals surface area contributed by atoms with Gasteiger partial charge in [-0.15, -0.1) is 0 Å². The molecule has 1 atom stereocenters. The Morgan fingerprint density at radius 1 is 1.00 bits per heavy atom. The Morgan fingerprint density at radius 2 is 1.63 bits per heavy atom. The number of benzene rings is 2. The van der Waals surface area contributed by atoms with Crippen molar-refractivity contribution in [3.05, 3.63) is 65.2 Å². The van der Waals surface area contributed by atoms with Crippen LogP contribution in [0.3, 0.4) is 0 Å². The molecule has 0 aromatic heterocycles. The summed E-state index contributed by atoms with van der Waals surface area (Å²) in [5.74, 6) is -0.888. The summed E-state index contributed by atoms with van der Waals surface area (Å²) < 4.78 is 32.6. The lowest BCUT2D eigenvalue weighted by Crippen LogP contribution is -2.25. The summed E-state index contributed by atoms with van der Waals surface area (Å²) in [4.78, 5) is 0. The van der Waals surface area contributed by atoms with Crippen LogP contribution in [0.25, 0.3) is 0 Å². The predicted molar refractivity (Wildman–Crippen MR) is 68.0 cm³/mol. The molecule has 0 fully saturated rings. The van der Waals surface area contributed by atoms with E-state index in [1.807, 2.05) is 0 Å². The number of hydrogen-bond acceptors (Lipinski definition) is 2. The van der Waals surface area contributed by atoms with E-state index in [-0.39, 0.29) is 11.1 Å². The van der Waals surface area contributed by atoms with E-state index in [0.717, 1.165) is 6.07 Å². The molecule has 2 rings (SSSR count). The Kier molecular flexibility index (Phi) is 3.53. The fourth-order valence-electron chi connectivity index (χ4n) is 2.02. The van der Waals surface area contributed by atoms with Crippen molar-refractivity contribution in [2.45, 2.75) is 12.5 Å². The molecule has 1 N–H and O–H groups in total. The van der Waals surface area contributed by atoms with Gasteiger partial charge in [0.15, 0.2) is 0 Å². The highest BCUT2D eigenvalue weighted by Gasteiger charge is 2.31. The smallest absolute Gasteiger partial charge is 0.133 e. The SMILES string of the molecule is COc1ccc(C(C)(O)c2ccccc2F)c(F)c1. The molecule has 0 aliphatic rings. The number of aliphatic hydroxyl groups is 1. The maximum atomic E-state index is 14.0. The van der Waals surface area contributed by atoms with Crippen molar-refractivity contribution < 1.29 is 18.6 Å². The van der Waals surface area contributed by atoms with Crippen LogP contribution in [-0.2, 0) is 5.60 Å². The van der Waals surface area contributed by atoms with E-state index in [1.165, 1.54) is 44.4 Å². The largest absolute Gasteiger partial charge is 0.497 e. The molecule has 0 heterocycles. The molecular formula is C15H14F2O2. The van der Waals surface area contributed by atoms with Gasteiger partial charge in [0.1, 0.15) is 23.0 Å². The molecule has 0 saturated heterocycles. The molecule has 2 nitrogen and oxygen atoms in total. The Morgan fingerprint density at radius 3 is 2.21 bits per heavy atom. The van der Waals surface area contributed by atoms with Crippen molar-refractivity contribution in [3.63, 3.8) is 0 Å². The number of methoxy groups -OCH3 is 1. The van der Waals surface area contributed by atoms with Gasteiger partial charge in [0.05, 0.1) is 7.11 Å². The summed E-state index contributed by atoms with van der Waals surface area (Å²) in [5, 5.41) is 10.5. The zero-order chi connectivity index (χ0) is 14.0. The third kappa shape index (κ3) is 2.44. The second-order valence-corrected chi connectivity index (χ2v) is 4.40. The lowest BCUT2D eigenvalue weighted by molar-refractivity contribution is 0.0937. The predicted octanol–water partition coefficient (Wildman–Crippen LogP) is 3.23. The third-order valence-electron chi connectivity index (χ3n) is 3.10. The Hall–Kier alpha value is -1.94. The van der Waals surface area contributed by atoms with Gasteiger partial charge in [-0.05, 0) is 25.1 Å². The first-order valence-electron chi connectivity index (χ1n) is 5.78. The molecule has 0 amide bonds. The van der Waals surface area contributed by atoms with Crippen LogP contribution < -0.4 is 4.74 Å². The van der Waals surface area contributed by atoms with Crippen molar-refractivity contribution in [3.8, 4) is 5.75 Å². The van der Waals surface area contributed by atoms with Crippen molar-refractivity contribution >= 4 is 0 Å². The number of ether oxygens (including phenoxy) is 1. The van der Waals surface area contributed by atoms with Gasteiger partial charge in [0.2, 0.25) is 0 Å². The minimum atomic E-state index is -1.75. The highest BCUT2D eigenvalue weighted by Crippen LogP contribution is 2.33. The van der Waals surface area contributed by atoms with E-state index in [1.54, 1.807) is 6.07 Å². The molecule has 2 aromatic rings. The number of rotatable bonds is 3. The highest BCUT2D eigenvalue weighted by molar-refractivity contribution is 5.39. The van der Waals surface area contributed by atoms with Gasteiger partial charge < -0.3 is 9.84 Å². The van der Waals surface area contributed by atoms with E-state index in [4.69, 9.17) is 4.74 Å². The van der Waals surface area contributed by atoms with Gasteiger partial charge in [-0.1, -0.05) is 18.2 Å². The minimum Gasteiger partial charge on any atom is -0.497 e. The average Bonchev–Trinajstić information content (AvgIpc) is 2.38. The van der Waals surface area contributed by atoms with Crippen LogP contribution in [0.1, 0.15) is 18.1 Å². The lowest BCUT2D eigenvalue weighted by atomic mass is 9.87. The van der Waals surface area contributed by atoms with E-state index < -0.39 is 17.2 Å². The van der Waals surface area contributed by atoms with Crippen molar-refractivity contribution in [1.82, 2.24) is 0 Å². The molecule has 0 bridgehead atoms. The molecule has 0 aliphatic carbocycles. The maximum Gasteiger partial charge on any atom is 0.133 e. The molecular weight excluding hydrogens is 250 g/mol. The summed E-state index contributed by atoms with van der Waals surface area (Å²) in [7, 11) is 1.42. The van der Waals surface area contributed by atoms with E-state index in [9.17, 15) is 13.9 Å². The standard InChI is InChI=1S/C15H14F2O2/c1-15(18,11-5-3-4-6-13(11)16)12-8-7-10(19-2)9-14(12)17/h3-9,18H,1-2H3. The summed E-state index contributed by atoms with van der Waals surface area (Å²) in [5.41, 5.74) is -1.72. The van der Waals surface area contributed by atoms with Crippen LogP contribution in [0.5, 0.6) is 5.75 Å². The molecule has 19 heavy (non-hydrogen) atoms. The summed E-state index contributed by atoms with van der Waals surface area (Å²) in [6.07, 6.45) is 0. The van der Waals surface area contributed by atoms with Crippen molar-refractivity contribution in [1.29, 1.82) is 0 Å². The Labute approximate surface area is 110 Å². The molecule has 0 spiro atoms. The van der Waals surface area contributed by atoms with Gasteiger partial charge >= 0.3 is 0 Å². The number of hydrogen-bond donors (Lipinski definition) is 1. The second kappa shape index (κ2) is 4.97. The van der Waals surface area contributed by atoms with E-state index in [0.29, 0.717) is 5.75 Å². The summed E-state index contributed by atoms with van der Waals surface area (Å²) in [6, 6.07) is 9.83. The first-order chi connectivity index (χ1) is 8.96. The highest BCUT2D eigenvalue weighted by atomic mass is 19.1. The third-order valence-corrected chi connectivity index (χ3v) is 3.10. The molecule has 4 heteroatoms. The van der Waals surface area contributed by atoms with Crippen molar-refractivity contribution in [2.75, 3.05) is 7.11 Å². The maximum absolute atomic E-state index is 14.0. The molecule has 0 aliphatic heterocycles. The quantitative estimate of drug-likeness (QED) is 0.922. The first-order valence-corrected chi connectivity index (χ1v) is 5.78. The second-order valence-electron chi connectivity index (χ2n) is 4.40. The normalized spacial score (nSPS) is 13.9. The Balaban J connectivity index is 2.53. The van der Waals surface area contributed by atoms with Crippen LogP contribution in [0.15, 0.2) is 42.5 Å². The summed E-state index contributed by atoms with van der Waals surface area (Å²) in [6.45, 7) is 1.36. The van der Waals surface area contributed by atoms with Crippen LogP contribution in [0, 0.1) is 11.6 Å². The fourth-order valence-corrected chi connectivity index (χ4v) is 2.02. The average molecular weight is 264 g/mol. The molecule has 2 aromatic carbocycles. The van der Waals surface area contributed by atoms with Crippen LogP contribution in [0.4, 0.5) is 8.78 Å². The first kappa shape index (κ1) is 13.5. The molecule has 100 valence electrons. The monoisotopic (exact) mass is 264 g/mol. The number of halogens is 2. The van der Waals surface area contributed by atoms with Gasteiger partial charge in [0.25, 0.3) is 0 Å². The van der Waals surface area contributed by atoms with Crippen LogP contribution in [0.2, 0.25) is 0 Å². The van der Waals surface area contributed by atoms with Gasteiger partial charge in [0, 0.05) is 17.2 Å². The Bertz CT molecular complexity index is 594. The van der Waals surface area contributed by atoms with Gasteiger partial charge in [-0.3, -0.25) is 0 Å². The van der Waals surface area contributed by atoms with E-state index in [2.05, 4.69) is 0 Å². The lowest BCUT2D eigenvalue weighted by Gasteiger charge is -2.25.